The van der Waals surface area contributed by atoms with E-state index in [-0.39, 0.29) is 6.10 Å². The van der Waals surface area contributed by atoms with Crippen LogP contribution in [0.2, 0.25) is 5.15 Å². The highest BCUT2D eigenvalue weighted by atomic mass is 35.5. The number of hydrogen-bond donors (Lipinski definition) is 1. The van der Waals surface area contributed by atoms with Crippen LogP contribution in [-0.2, 0) is 0 Å². The van der Waals surface area contributed by atoms with Crippen molar-refractivity contribution in [3.63, 3.8) is 0 Å². The molecule has 1 aromatic heterocycles. The lowest BCUT2D eigenvalue weighted by Gasteiger charge is -2.18. The molecule has 1 unspecified atom stereocenters. The van der Waals surface area contributed by atoms with Gasteiger partial charge in [-0.1, -0.05) is 11.6 Å². The molecular formula is C11H14ClN3O. The molecule has 1 saturated carbocycles. The molecule has 2 fully saturated rings. The van der Waals surface area contributed by atoms with Crippen molar-refractivity contribution in [2.45, 2.75) is 18.9 Å². The van der Waals surface area contributed by atoms with Gasteiger partial charge in [0.2, 0.25) is 0 Å². The molecule has 1 aromatic rings. The molecule has 16 heavy (non-hydrogen) atoms. The molecular weight excluding hydrogens is 226 g/mol. The molecule has 5 heteroatoms. The Morgan fingerprint density at radius 2 is 1.88 bits per heavy atom. The second-order valence-corrected chi connectivity index (χ2v) is 5.13. The zero-order valence-electron chi connectivity index (χ0n) is 8.88. The highest BCUT2D eigenvalue weighted by Gasteiger charge is 2.40. The zero-order chi connectivity index (χ0) is 11.1. The largest absolute Gasteiger partial charge is 0.393 e. The molecule has 0 amide bonds. The van der Waals surface area contributed by atoms with Crippen molar-refractivity contribution in [2.24, 2.45) is 11.8 Å². The average Bonchev–Trinajstić information content (AvgIpc) is 2.75. The third-order valence-electron chi connectivity index (χ3n) is 3.66. The molecule has 1 aliphatic carbocycles. The fraction of sp³-hybridized carbons (Fsp3) is 0.636. The third-order valence-corrected chi connectivity index (χ3v) is 3.85. The number of hydrogen-bond acceptors (Lipinski definition) is 4. The van der Waals surface area contributed by atoms with E-state index in [2.05, 4.69) is 14.9 Å². The van der Waals surface area contributed by atoms with Crippen LogP contribution >= 0.6 is 11.6 Å². The van der Waals surface area contributed by atoms with E-state index in [9.17, 15) is 5.11 Å². The zero-order valence-corrected chi connectivity index (χ0v) is 9.64. The van der Waals surface area contributed by atoms with Crippen molar-refractivity contribution in [1.82, 2.24) is 9.97 Å². The Hall–Kier alpha value is -0.870. The van der Waals surface area contributed by atoms with Crippen molar-refractivity contribution in [3.8, 4) is 0 Å². The summed E-state index contributed by atoms with van der Waals surface area (Å²) in [6, 6.07) is 0. The van der Waals surface area contributed by atoms with E-state index >= 15 is 0 Å². The van der Waals surface area contributed by atoms with Crippen LogP contribution in [0.25, 0.3) is 0 Å². The third kappa shape index (κ3) is 1.76. The lowest BCUT2D eigenvalue weighted by atomic mass is 10.0. The molecule has 1 aliphatic heterocycles. The van der Waals surface area contributed by atoms with Crippen LogP contribution in [0.15, 0.2) is 12.4 Å². The first kappa shape index (κ1) is 10.3. The van der Waals surface area contributed by atoms with E-state index in [1.807, 2.05) is 0 Å². The smallest absolute Gasteiger partial charge is 0.147 e. The number of aliphatic hydroxyl groups excluding tert-OH is 1. The van der Waals surface area contributed by atoms with Gasteiger partial charge in [-0.3, -0.25) is 0 Å². The molecule has 86 valence electrons. The molecule has 0 spiro atoms. The average molecular weight is 240 g/mol. The maximum atomic E-state index is 9.56. The van der Waals surface area contributed by atoms with Crippen LogP contribution in [0, 0.1) is 11.8 Å². The summed E-state index contributed by atoms with van der Waals surface area (Å²) in [5, 5.41) is 9.99. The van der Waals surface area contributed by atoms with Gasteiger partial charge in [0.25, 0.3) is 0 Å². The molecule has 0 aromatic carbocycles. The highest BCUT2D eigenvalue weighted by molar-refractivity contribution is 6.29. The van der Waals surface area contributed by atoms with Gasteiger partial charge in [-0.15, -0.1) is 0 Å². The molecule has 0 bridgehead atoms. The molecule has 2 heterocycles. The topological polar surface area (TPSA) is 49.2 Å². The molecule has 2 aliphatic rings. The molecule has 1 N–H and O–H groups in total. The van der Waals surface area contributed by atoms with E-state index in [0.717, 1.165) is 31.7 Å². The van der Waals surface area contributed by atoms with E-state index in [0.29, 0.717) is 17.0 Å². The lowest BCUT2D eigenvalue weighted by Crippen LogP contribution is -2.23. The predicted octanol–water partition coefficient (Wildman–Crippen LogP) is 1.34. The minimum atomic E-state index is -0.0894. The van der Waals surface area contributed by atoms with E-state index < -0.39 is 0 Å². The monoisotopic (exact) mass is 239 g/mol. The van der Waals surface area contributed by atoms with Crippen LogP contribution in [0.3, 0.4) is 0 Å². The number of aliphatic hydroxyl groups is 1. The Labute approximate surface area is 99.3 Å². The van der Waals surface area contributed by atoms with Gasteiger partial charge in [0, 0.05) is 13.1 Å². The van der Waals surface area contributed by atoms with Crippen LogP contribution < -0.4 is 4.90 Å². The summed E-state index contributed by atoms with van der Waals surface area (Å²) in [6.45, 7) is 1.97. The first-order chi connectivity index (χ1) is 7.72. The molecule has 4 nitrogen and oxygen atoms in total. The van der Waals surface area contributed by atoms with E-state index in [4.69, 9.17) is 11.6 Å². The number of anilines is 1. The molecule has 3 rings (SSSR count). The number of halogens is 1. The molecule has 3 atom stereocenters. The minimum Gasteiger partial charge on any atom is -0.393 e. The Balaban J connectivity index is 1.73. The van der Waals surface area contributed by atoms with Crippen LogP contribution in [-0.4, -0.2) is 34.3 Å². The van der Waals surface area contributed by atoms with Crippen molar-refractivity contribution < 1.29 is 5.11 Å². The highest BCUT2D eigenvalue weighted by Crippen LogP contribution is 2.39. The summed E-state index contributed by atoms with van der Waals surface area (Å²) in [6.07, 6.45) is 5.08. The van der Waals surface area contributed by atoms with E-state index in [1.165, 1.54) is 0 Å². The normalized spacial score (nSPS) is 33.1. The van der Waals surface area contributed by atoms with Gasteiger partial charge in [-0.05, 0) is 24.7 Å². The van der Waals surface area contributed by atoms with Crippen molar-refractivity contribution >= 4 is 17.4 Å². The van der Waals surface area contributed by atoms with E-state index in [1.54, 1.807) is 12.4 Å². The number of rotatable bonds is 1. The first-order valence-corrected chi connectivity index (χ1v) is 6.00. The number of nitrogens with zero attached hydrogens (tertiary/aromatic N) is 3. The lowest BCUT2D eigenvalue weighted by molar-refractivity contribution is 0.174. The first-order valence-electron chi connectivity index (χ1n) is 5.63. The Morgan fingerprint density at radius 1 is 1.19 bits per heavy atom. The van der Waals surface area contributed by atoms with Gasteiger partial charge < -0.3 is 10.0 Å². The van der Waals surface area contributed by atoms with Gasteiger partial charge in [-0.2, -0.15) is 0 Å². The second-order valence-electron chi connectivity index (χ2n) is 4.75. The summed E-state index contributed by atoms with van der Waals surface area (Å²) in [7, 11) is 0. The summed E-state index contributed by atoms with van der Waals surface area (Å²) in [4.78, 5) is 10.6. The van der Waals surface area contributed by atoms with Gasteiger partial charge >= 0.3 is 0 Å². The number of aromatic nitrogens is 2. The maximum absolute atomic E-state index is 9.56. The Kier molecular flexibility index (Phi) is 2.48. The van der Waals surface area contributed by atoms with Gasteiger partial charge in [0.05, 0.1) is 18.5 Å². The van der Waals surface area contributed by atoms with Crippen molar-refractivity contribution in [1.29, 1.82) is 0 Å². The molecule has 1 saturated heterocycles. The summed E-state index contributed by atoms with van der Waals surface area (Å²) in [5.74, 6) is 2.13. The fourth-order valence-electron chi connectivity index (χ4n) is 2.92. The second kappa shape index (κ2) is 3.86. The SMILES string of the molecule is OC1C[C@@H]2CN(c3cnc(Cl)cn3)C[C@@H]2C1. The minimum absolute atomic E-state index is 0.0894. The van der Waals surface area contributed by atoms with Crippen molar-refractivity contribution in [2.75, 3.05) is 18.0 Å². The van der Waals surface area contributed by atoms with Gasteiger partial charge in [-0.25, -0.2) is 9.97 Å². The fourth-order valence-corrected chi connectivity index (χ4v) is 3.02. The standard InChI is InChI=1S/C11H14ClN3O/c12-10-3-14-11(4-13-10)15-5-7-1-9(16)2-8(7)6-15/h3-4,7-9,16H,1-2,5-6H2/t7-,8+,9?. The van der Waals surface area contributed by atoms with Gasteiger partial charge in [0.1, 0.15) is 11.0 Å². The number of fused-ring (bicyclic) bond motifs is 1. The van der Waals surface area contributed by atoms with Crippen LogP contribution in [0.1, 0.15) is 12.8 Å². The predicted molar refractivity (Wildman–Crippen MR) is 61.5 cm³/mol. The Morgan fingerprint density at radius 3 is 2.44 bits per heavy atom. The maximum Gasteiger partial charge on any atom is 0.147 e. The van der Waals surface area contributed by atoms with Crippen molar-refractivity contribution in [3.05, 3.63) is 17.5 Å². The quantitative estimate of drug-likeness (QED) is 0.804. The Bertz CT molecular complexity index is 369. The molecule has 0 radical (unpaired) electrons. The summed E-state index contributed by atoms with van der Waals surface area (Å²) < 4.78 is 0. The summed E-state index contributed by atoms with van der Waals surface area (Å²) >= 11 is 5.71. The van der Waals surface area contributed by atoms with Crippen LogP contribution in [0.4, 0.5) is 5.82 Å². The summed E-state index contributed by atoms with van der Waals surface area (Å²) in [5.41, 5.74) is 0. The van der Waals surface area contributed by atoms with Gasteiger partial charge in [0.15, 0.2) is 0 Å². The van der Waals surface area contributed by atoms with Crippen LogP contribution in [0.5, 0.6) is 0 Å².